The second kappa shape index (κ2) is 6.85. The third-order valence-electron chi connectivity index (χ3n) is 4.20. The molecule has 0 unspecified atom stereocenters. The van der Waals surface area contributed by atoms with Gasteiger partial charge in [0.25, 0.3) is 0 Å². The van der Waals surface area contributed by atoms with E-state index >= 15 is 0 Å². The second-order valence-corrected chi connectivity index (χ2v) is 7.89. The lowest BCUT2D eigenvalue weighted by Crippen LogP contribution is -2.15. The van der Waals surface area contributed by atoms with E-state index in [0.29, 0.717) is 11.3 Å². The lowest BCUT2D eigenvalue weighted by atomic mass is 10.0. The monoisotopic (exact) mass is 381 g/mol. The van der Waals surface area contributed by atoms with Crippen LogP contribution in [-0.4, -0.2) is 18.4 Å². The van der Waals surface area contributed by atoms with Gasteiger partial charge >= 0.3 is 0 Å². The topological polar surface area (TPSA) is 74.8 Å². The summed E-state index contributed by atoms with van der Waals surface area (Å²) in [5, 5.41) is 1.00. The van der Waals surface area contributed by atoms with Crippen molar-refractivity contribution in [2.75, 3.05) is 4.72 Å². The molecule has 0 aliphatic rings. The van der Waals surface area contributed by atoms with Crippen LogP contribution < -0.4 is 4.72 Å². The number of sulfonamides is 1. The number of rotatable bonds is 5. The van der Waals surface area contributed by atoms with Crippen molar-refractivity contribution in [3.8, 4) is 11.1 Å². The number of aromatic amines is 1. The summed E-state index contributed by atoms with van der Waals surface area (Å²) in [5.41, 5.74) is 3.77. The van der Waals surface area contributed by atoms with Crippen LogP contribution in [0.15, 0.2) is 73.1 Å². The highest BCUT2D eigenvalue weighted by molar-refractivity contribution is 7.91. The number of hydrogen-bond acceptors (Lipinski definition) is 3. The molecule has 0 radical (unpaired) electrons. The molecule has 0 aliphatic carbocycles. The van der Waals surface area contributed by atoms with Crippen molar-refractivity contribution < 1.29 is 12.8 Å². The van der Waals surface area contributed by atoms with E-state index < -0.39 is 15.8 Å². The molecule has 0 spiro atoms. The zero-order chi connectivity index (χ0) is 18.9. The molecule has 5 nitrogen and oxygen atoms in total. The summed E-state index contributed by atoms with van der Waals surface area (Å²) in [5.74, 6) is -0.615. The number of nitrogens with one attached hydrogen (secondary N) is 2. The number of anilines is 1. The molecule has 2 aromatic heterocycles. The van der Waals surface area contributed by atoms with E-state index in [1.165, 1.54) is 24.3 Å². The van der Waals surface area contributed by atoms with Crippen LogP contribution in [-0.2, 0) is 15.8 Å². The Morgan fingerprint density at radius 2 is 1.70 bits per heavy atom. The molecule has 0 fully saturated rings. The minimum absolute atomic E-state index is 0.219. The molecule has 4 aromatic rings. The molecular weight excluding hydrogens is 365 g/mol. The Labute approximate surface area is 155 Å². The quantitative estimate of drug-likeness (QED) is 0.541. The third-order valence-corrected chi connectivity index (χ3v) is 5.46. The molecule has 0 amide bonds. The van der Waals surface area contributed by atoms with Gasteiger partial charge in [0, 0.05) is 23.5 Å². The molecule has 4 rings (SSSR count). The molecular formula is C20H16FN3O2S. The molecule has 0 saturated heterocycles. The SMILES string of the molecule is O=S(=O)(Cc1ccc(F)cc1)Nc1ccc(-c2ccnc3[nH]ccc23)cc1. The zero-order valence-corrected chi connectivity index (χ0v) is 15.0. The predicted molar refractivity (Wildman–Crippen MR) is 104 cm³/mol. The fourth-order valence-electron chi connectivity index (χ4n) is 2.95. The number of H-pyrrole nitrogens is 1. The van der Waals surface area contributed by atoms with Crippen LogP contribution in [0.3, 0.4) is 0 Å². The van der Waals surface area contributed by atoms with E-state index in [1.54, 1.807) is 18.3 Å². The Kier molecular flexibility index (Phi) is 4.37. The van der Waals surface area contributed by atoms with Crippen molar-refractivity contribution in [1.29, 1.82) is 0 Å². The van der Waals surface area contributed by atoms with E-state index in [4.69, 9.17) is 0 Å². The van der Waals surface area contributed by atoms with Crippen molar-refractivity contribution >= 4 is 26.7 Å². The van der Waals surface area contributed by atoms with Crippen LogP contribution in [0.5, 0.6) is 0 Å². The fraction of sp³-hybridized carbons (Fsp3) is 0.0500. The average molecular weight is 381 g/mol. The van der Waals surface area contributed by atoms with Gasteiger partial charge in [0.1, 0.15) is 11.5 Å². The van der Waals surface area contributed by atoms with Gasteiger partial charge in [0.05, 0.1) is 5.75 Å². The van der Waals surface area contributed by atoms with Gasteiger partial charge in [0.2, 0.25) is 10.0 Å². The number of hydrogen-bond donors (Lipinski definition) is 2. The molecule has 2 N–H and O–H groups in total. The van der Waals surface area contributed by atoms with Crippen molar-refractivity contribution in [2.24, 2.45) is 0 Å². The van der Waals surface area contributed by atoms with Crippen molar-refractivity contribution in [2.45, 2.75) is 5.75 Å². The Morgan fingerprint density at radius 3 is 2.44 bits per heavy atom. The molecule has 0 bridgehead atoms. The summed E-state index contributed by atoms with van der Waals surface area (Å²) in [6.45, 7) is 0. The van der Waals surface area contributed by atoms with Crippen LogP contribution >= 0.6 is 0 Å². The van der Waals surface area contributed by atoms with Crippen LogP contribution in [0.25, 0.3) is 22.2 Å². The molecule has 27 heavy (non-hydrogen) atoms. The van der Waals surface area contributed by atoms with E-state index in [9.17, 15) is 12.8 Å². The maximum absolute atomic E-state index is 12.9. The number of benzene rings is 2. The lowest BCUT2D eigenvalue weighted by molar-refractivity contribution is 0.600. The molecule has 2 aromatic carbocycles. The maximum Gasteiger partial charge on any atom is 0.236 e. The standard InChI is InChI=1S/C20H16FN3O2S/c21-16-5-1-14(2-6-16)13-27(25,26)24-17-7-3-15(4-8-17)18-9-11-22-20-19(18)10-12-23-20/h1-12,24H,13H2,(H,22,23). The Hall–Kier alpha value is -3.19. The number of halogens is 1. The van der Waals surface area contributed by atoms with Crippen molar-refractivity contribution in [3.63, 3.8) is 0 Å². The fourth-order valence-corrected chi connectivity index (χ4v) is 4.14. The summed E-state index contributed by atoms with van der Waals surface area (Å²) < 4.78 is 40.2. The Bertz CT molecular complexity index is 1180. The summed E-state index contributed by atoms with van der Waals surface area (Å²) in [6.07, 6.45) is 3.56. The van der Waals surface area contributed by atoms with Gasteiger partial charge < -0.3 is 4.98 Å². The minimum atomic E-state index is -3.59. The van der Waals surface area contributed by atoms with Crippen LogP contribution in [0.4, 0.5) is 10.1 Å². The summed E-state index contributed by atoms with van der Waals surface area (Å²) >= 11 is 0. The first-order chi connectivity index (χ1) is 13.0. The van der Waals surface area contributed by atoms with E-state index in [0.717, 1.165) is 22.2 Å². The molecule has 136 valence electrons. The molecule has 0 aliphatic heterocycles. The van der Waals surface area contributed by atoms with Gasteiger partial charge in [-0.1, -0.05) is 24.3 Å². The average Bonchev–Trinajstić information content (AvgIpc) is 3.13. The zero-order valence-electron chi connectivity index (χ0n) is 14.2. The number of pyridine rings is 1. The van der Waals surface area contributed by atoms with Gasteiger partial charge in [-0.3, -0.25) is 4.72 Å². The van der Waals surface area contributed by atoms with E-state index in [2.05, 4.69) is 14.7 Å². The molecule has 7 heteroatoms. The largest absolute Gasteiger partial charge is 0.346 e. The van der Waals surface area contributed by atoms with Gasteiger partial charge in [0.15, 0.2) is 0 Å². The van der Waals surface area contributed by atoms with E-state index in [-0.39, 0.29) is 5.75 Å². The highest BCUT2D eigenvalue weighted by Gasteiger charge is 2.12. The molecule has 0 saturated carbocycles. The number of nitrogens with zero attached hydrogens (tertiary/aromatic N) is 1. The van der Waals surface area contributed by atoms with Gasteiger partial charge in [-0.15, -0.1) is 0 Å². The van der Waals surface area contributed by atoms with Gasteiger partial charge in [-0.2, -0.15) is 0 Å². The first-order valence-electron chi connectivity index (χ1n) is 8.28. The smallest absolute Gasteiger partial charge is 0.236 e. The van der Waals surface area contributed by atoms with Crippen molar-refractivity contribution in [1.82, 2.24) is 9.97 Å². The molecule has 2 heterocycles. The van der Waals surface area contributed by atoms with Crippen molar-refractivity contribution in [3.05, 3.63) is 84.4 Å². The first kappa shape index (κ1) is 17.2. The highest BCUT2D eigenvalue weighted by atomic mass is 32.2. The number of fused-ring (bicyclic) bond motifs is 1. The van der Waals surface area contributed by atoms with Crippen LogP contribution in [0, 0.1) is 5.82 Å². The normalized spacial score (nSPS) is 11.6. The van der Waals surface area contributed by atoms with Crippen LogP contribution in [0.2, 0.25) is 0 Å². The minimum Gasteiger partial charge on any atom is -0.346 e. The summed E-state index contributed by atoms with van der Waals surface area (Å²) in [4.78, 5) is 7.34. The Morgan fingerprint density at radius 1 is 0.963 bits per heavy atom. The maximum atomic E-state index is 12.9. The van der Waals surface area contributed by atoms with Crippen LogP contribution in [0.1, 0.15) is 5.56 Å². The van der Waals surface area contributed by atoms with Gasteiger partial charge in [-0.25, -0.2) is 17.8 Å². The second-order valence-electron chi connectivity index (χ2n) is 6.16. The molecule has 0 atom stereocenters. The highest BCUT2D eigenvalue weighted by Crippen LogP contribution is 2.28. The lowest BCUT2D eigenvalue weighted by Gasteiger charge is -2.09. The first-order valence-corrected chi connectivity index (χ1v) is 9.93. The van der Waals surface area contributed by atoms with E-state index in [1.807, 2.05) is 30.5 Å². The summed E-state index contributed by atoms with van der Waals surface area (Å²) in [6, 6.07) is 16.4. The van der Waals surface area contributed by atoms with Gasteiger partial charge in [-0.05, 0) is 53.1 Å². The Balaban J connectivity index is 1.54. The number of aromatic nitrogens is 2. The summed E-state index contributed by atoms with van der Waals surface area (Å²) in [7, 11) is -3.59. The third kappa shape index (κ3) is 3.83. The predicted octanol–water partition coefficient (Wildman–Crippen LogP) is 4.31.